The Kier molecular flexibility index (Phi) is 67.9. The van der Waals surface area contributed by atoms with Crippen LogP contribution in [0.25, 0.3) is 0 Å². The molecule has 0 aromatic heterocycles. The van der Waals surface area contributed by atoms with Crippen molar-refractivity contribution < 1.29 is 81.5 Å². The zero-order valence-corrected chi connectivity index (χ0v) is 85.7. The second kappa shape index (κ2) is 72.9. The Bertz CT molecular complexity index is 3610. The molecule has 42 nitrogen and oxygen atoms in total. The van der Waals surface area contributed by atoms with Gasteiger partial charge in [0.05, 0.1) is 12.6 Å². The van der Waals surface area contributed by atoms with E-state index in [4.69, 9.17) is 46.0 Å². The van der Waals surface area contributed by atoms with Crippen LogP contribution in [0.2, 0.25) is 0 Å². The van der Waals surface area contributed by atoms with Gasteiger partial charge in [0.1, 0.15) is 84.6 Å². The lowest BCUT2D eigenvalue weighted by Gasteiger charge is -2.30. The number of nitrogens with two attached hydrogens (primary N) is 8. The van der Waals surface area contributed by atoms with E-state index in [9.17, 15) is 81.5 Å². The van der Waals surface area contributed by atoms with Crippen LogP contribution in [0.15, 0.2) is 0 Å². The first-order valence-corrected chi connectivity index (χ1v) is 50.4. The van der Waals surface area contributed by atoms with Crippen molar-refractivity contribution in [3.8, 4) is 0 Å². The first-order chi connectivity index (χ1) is 64.6. The maximum Gasteiger partial charge on any atom is 0.243 e. The molecule has 0 radical (unpaired) electrons. The summed E-state index contributed by atoms with van der Waals surface area (Å²) in [6.07, 6.45) is 8.69. The molecule has 0 bridgehead atoms. The highest BCUT2D eigenvalue weighted by molar-refractivity contribution is 6.01. The quantitative estimate of drug-likeness (QED) is 0.0165. The summed E-state index contributed by atoms with van der Waals surface area (Å²) in [7, 11) is 0. The Morgan fingerprint density at radius 2 is 0.409 bits per heavy atom. The lowest BCUT2D eigenvalue weighted by atomic mass is 9.98. The van der Waals surface area contributed by atoms with E-state index in [2.05, 4.69) is 90.5 Å². The summed E-state index contributed by atoms with van der Waals surface area (Å²) in [6.45, 7) is 32.3. The second-order valence-corrected chi connectivity index (χ2v) is 39.8. The smallest absolute Gasteiger partial charge is 0.243 e. The van der Waals surface area contributed by atoms with Crippen molar-refractivity contribution in [3.63, 3.8) is 0 Å². The summed E-state index contributed by atoms with van der Waals surface area (Å²) < 4.78 is 0. The van der Waals surface area contributed by atoms with E-state index in [1.165, 1.54) is 6.92 Å². The Hall–Kier alpha value is -9.33. The van der Waals surface area contributed by atoms with Gasteiger partial charge in [-0.25, -0.2) is 5.84 Å². The highest BCUT2D eigenvalue weighted by Crippen LogP contribution is 2.19. The zero-order valence-electron chi connectivity index (χ0n) is 85.7. The molecule has 17 amide bonds. The minimum absolute atomic E-state index is 0.0192. The van der Waals surface area contributed by atoms with Crippen LogP contribution in [0, 0.1) is 47.3 Å². The van der Waals surface area contributed by atoms with Crippen LogP contribution in [-0.2, 0) is 81.5 Å². The summed E-state index contributed by atoms with van der Waals surface area (Å²) in [6, 6.07) is -18.5. The number of rotatable bonds is 77. The van der Waals surface area contributed by atoms with Crippen LogP contribution in [0.1, 0.15) is 310 Å². The average Bonchev–Trinajstić information content (AvgIpc) is 0.853. The third kappa shape index (κ3) is 57.7. The minimum atomic E-state index is -1.36. The lowest BCUT2D eigenvalue weighted by Crippen LogP contribution is -2.61. The van der Waals surface area contributed by atoms with Crippen molar-refractivity contribution in [2.75, 3.05) is 52.4 Å². The number of nitrogens with one attached hydrogen (secondary N) is 17. The molecule has 15 atom stereocenters. The van der Waals surface area contributed by atoms with Crippen LogP contribution in [0.4, 0.5) is 0 Å². The third-order valence-corrected chi connectivity index (χ3v) is 22.7. The molecule has 790 valence electrons. The van der Waals surface area contributed by atoms with Crippen molar-refractivity contribution in [2.45, 2.75) is 401 Å². The van der Waals surface area contributed by atoms with Gasteiger partial charge >= 0.3 is 0 Å². The molecular weight excluding hydrogens is 1760 g/mol. The molecular formula is C95H183N25O17. The van der Waals surface area contributed by atoms with E-state index in [0.717, 1.165) is 0 Å². The number of carbonyl (C=O) groups excluding carboxylic acids is 17. The van der Waals surface area contributed by atoms with Gasteiger partial charge in [0.2, 0.25) is 100 Å². The Labute approximate surface area is 815 Å². The number of unbranched alkanes of at least 4 members (excludes halogenated alkanes) is 8. The first kappa shape index (κ1) is 128. The van der Waals surface area contributed by atoms with Gasteiger partial charge in [-0.2, -0.15) is 0 Å². The van der Waals surface area contributed by atoms with Gasteiger partial charge in [0.15, 0.2) is 0 Å². The number of carbonyl (C=O) groups is 17. The summed E-state index contributed by atoms with van der Waals surface area (Å²) in [5.74, 6) is -7.92. The molecule has 0 heterocycles. The molecule has 0 aromatic carbocycles. The first-order valence-electron chi connectivity index (χ1n) is 50.4. The van der Waals surface area contributed by atoms with Gasteiger partial charge in [0, 0.05) is 13.0 Å². The van der Waals surface area contributed by atoms with Gasteiger partial charge < -0.3 is 125 Å². The molecule has 0 saturated heterocycles. The molecule has 0 saturated carbocycles. The van der Waals surface area contributed by atoms with Gasteiger partial charge in [0.25, 0.3) is 0 Å². The van der Waals surface area contributed by atoms with Crippen LogP contribution in [0.5, 0.6) is 0 Å². The zero-order chi connectivity index (χ0) is 104. The summed E-state index contributed by atoms with van der Waals surface area (Å²) in [5.41, 5.74) is 43.5. The molecule has 42 heteroatoms. The largest absolute Gasteiger partial charge is 0.355 e. The van der Waals surface area contributed by atoms with Crippen molar-refractivity contribution >= 4 is 100 Å². The topological polar surface area (TPSA) is 703 Å². The monoisotopic (exact) mass is 1950 g/mol. The van der Waals surface area contributed by atoms with E-state index in [1.54, 1.807) is 0 Å². The molecule has 0 aliphatic rings. The fourth-order valence-corrected chi connectivity index (χ4v) is 15.3. The molecule has 0 aromatic rings. The maximum absolute atomic E-state index is 14.9. The van der Waals surface area contributed by atoms with Gasteiger partial charge in [-0.3, -0.25) is 86.9 Å². The van der Waals surface area contributed by atoms with E-state index < -0.39 is 192 Å². The van der Waals surface area contributed by atoms with Gasteiger partial charge in [-0.15, -0.1) is 0 Å². The highest BCUT2D eigenvalue weighted by atomic mass is 16.2. The van der Waals surface area contributed by atoms with E-state index in [0.29, 0.717) is 129 Å². The molecule has 0 fully saturated rings. The molecule has 137 heavy (non-hydrogen) atoms. The molecule has 0 rings (SSSR count). The van der Waals surface area contributed by atoms with Crippen molar-refractivity contribution in [3.05, 3.63) is 0 Å². The third-order valence-electron chi connectivity index (χ3n) is 22.7. The van der Waals surface area contributed by atoms with E-state index >= 15 is 0 Å². The van der Waals surface area contributed by atoms with E-state index in [-0.39, 0.29) is 163 Å². The molecule has 0 spiro atoms. The molecule has 33 N–H and O–H groups in total. The molecule has 0 unspecified atom stereocenters. The summed E-state index contributed by atoms with van der Waals surface area (Å²) >= 11 is 0. The number of hydrogen-bond donors (Lipinski definition) is 25. The van der Waals surface area contributed by atoms with Gasteiger partial charge in [-0.05, 0) is 273 Å². The van der Waals surface area contributed by atoms with Crippen LogP contribution < -0.4 is 136 Å². The standard InChI is InChI=1S/C95H183N25O17/c1-56(2)47-65(102)82(124)107-68(35-22-28-42-98)85(127)109-69(36-23-29-43-99)86(128)115-77(53-62(13)14)94(136)119-76(52-61(11)12)92(134)112-71(38-25-31-45-101)88(130)116-78(54-63(15)16)95(137)118-74(50-59(7)8)90(132)110-67(34-21-27-41-97)84(126)106-64(17)81(123)113-72(48-57(3)4)93(135)117-75(51-60(9)10)91(133)111-70(37-24-30-44-100)87(129)114-73(49-58(5)6)89(131)108-66(33-20-26-40-96)83(125)105-55-80(122)104-46-32-18-19-39-79(121)120-103/h56-78H,18-55,96-103H2,1-17H3,(H,104,122)(H,105,125)(H,106,126)(H,107,124)(H,108,131)(H,109,127)(H,110,132)(H,111,133)(H,112,134)(H,113,123)(H,114,129)(H,115,128)(H,116,130)(H,117,135)(H,118,137)(H,119,136)(H,120,121)/t64-,65-,66-,67-,68-,69-,70-,71-,72-,73-,74-,75-,76-,77-,78-/m0/s1. The Balaban J connectivity index is 7.16. The number of hydrogen-bond acceptors (Lipinski definition) is 25. The highest BCUT2D eigenvalue weighted by Gasteiger charge is 2.40. The molecule has 0 aliphatic heterocycles. The normalized spacial score (nSPS) is 14.8. The van der Waals surface area contributed by atoms with Crippen molar-refractivity contribution in [1.29, 1.82) is 0 Å². The number of amides is 17. The average molecular weight is 1950 g/mol. The predicted octanol–water partition coefficient (Wildman–Crippen LogP) is 0.0463. The lowest BCUT2D eigenvalue weighted by molar-refractivity contribution is -0.137. The second-order valence-electron chi connectivity index (χ2n) is 39.8. The fourth-order valence-electron chi connectivity index (χ4n) is 15.3. The number of hydrazine groups is 1. The maximum atomic E-state index is 14.9. The SMILES string of the molecule is CC(C)C[C@H](NC(=O)[C@H](C)NC(=O)[C@H](CCCCN)NC(=O)[C@H](CC(C)C)NC(=O)[C@H](CC(C)C)NC(=O)[C@H](CCCCN)NC(=O)[C@H](CC(C)C)NC(=O)[C@H](CC(C)C)NC(=O)[C@H](CCCCN)NC(=O)[C@H](CCCCN)NC(=O)[C@@H](N)CC(C)C)C(=O)N[C@@H](CC(C)C)C(=O)N[C@@H](CCCCN)C(=O)N[C@@H](CC(C)C)C(=O)N[C@@H](CCCCN)C(=O)NCC(=O)NCCCCCC(=O)NN. The van der Waals surface area contributed by atoms with Crippen LogP contribution >= 0.6 is 0 Å². The summed E-state index contributed by atoms with van der Waals surface area (Å²) in [5, 5.41) is 44.5. The predicted molar refractivity (Wildman–Crippen MR) is 531 cm³/mol. The minimum Gasteiger partial charge on any atom is -0.355 e. The van der Waals surface area contributed by atoms with E-state index in [1.807, 2.05) is 111 Å². The fraction of sp³-hybridized carbons (Fsp3) is 0.821. The Morgan fingerprint density at radius 3 is 0.635 bits per heavy atom. The molecule has 0 aliphatic carbocycles. The van der Waals surface area contributed by atoms with Crippen LogP contribution in [-0.4, -0.2) is 243 Å². The summed E-state index contributed by atoms with van der Waals surface area (Å²) in [4.78, 5) is 241. The van der Waals surface area contributed by atoms with Gasteiger partial charge in [-0.1, -0.05) is 117 Å². The van der Waals surface area contributed by atoms with Crippen molar-refractivity contribution in [2.24, 2.45) is 93.3 Å². The van der Waals surface area contributed by atoms with Crippen molar-refractivity contribution in [1.82, 2.24) is 90.5 Å². The Morgan fingerprint density at radius 1 is 0.204 bits per heavy atom. The van der Waals surface area contributed by atoms with Crippen LogP contribution in [0.3, 0.4) is 0 Å².